The third-order valence-electron chi connectivity index (χ3n) is 6.71. The van der Waals surface area contributed by atoms with Crippen LogP contribution in [0.25, 0.3) is 0 Å². The molecule has 0 spiro atoms. The number of nitrogens with zero attached hydrogens (tertiary/aromatic N) is 3. The van der Waals surface area contributed by atoms with E-state index in [1.807, 2.05) is 55.4 Å². The number of rotatable bonds is 23. The molecular weight excluding hydrogens is 640 g/mol. The monoisotopic (exact) mass is 715 g/mol. The number of unbranched alkanes of at least 4 members (excludes halogenated alkanes) is 3. The van der Waals surface area contributed by atoms with Gasteiger partial charge in [0.05, 0.1) is 0 Å². The van der Waals surface area contributed by atoms with E-state index in [0.717, 1.165) is 45.1 Å². The van der Waals surface area contributed by atoms with Crippen molar-refractivity contribution >= 4 is 41.0 Å². The van der Waals surface area contributed by atoms with Crippen molar-refractivity contribution in [3.8, 4) is 0 Å². The van der Waals surface area contributed by atoms with E-state index >= 15 is 0 Å². The largest absolute Gasteiger partial charge is 0.370 e. The van der Waals surface area contributed by atoms with Gasteiger partial charge in [-0.15, -0.1) is 0 Å². The number of hydrogen-bond donors (Lipinski definition) is 9. The molecule has 0 unspecified atom stereocenters. The normalized spacial score (nSPS) is 10.3. The summed E-state index contributed by atoms with van der Waals surface area (Å²) in [5.41, 5.74) is 41.3. The Bertz CT molecular complexity index is 983. The minimum atomic E-state index is -0.444. The van der Waals surface area contributed by atoms with Gasteiger partial charge in [0.2, 0.25) is 0 Å². The molecule has 0 amide bonds. The van der Waals surface area contributed by atoms with E-state index in [1.54, 1.807) is 0 Å². The summed E-state index contributed by atoms with van der Waals surface area (Å²) >= 11 is 0. The van der Waals surface area contributed by atoms with Crippen molar-refractivity contribution in [3.05, 3.63) is 0 Å². The van der Waals surface area contributed by atoms with Crippen molar-refractivity contribution in [3.63, 3.8) is 0 Å². The predicted molar refractivity (Wildman–Crippen MR) is 208 cm³/mol. The first kappa shape index (κ1) is 53.2. The second-order valence-electron chi connectivity index (χ2n) is 13.0. The van der Waals surface area contributed by atoms with Crippen molar-refractivity contribution in [2.75, 3.05) is 26.2 Å². The lowest BCUT2D eigenvalue weighted by Crippen LogP contribution is -2.45. The first-order valence-electron chi connectivity index (χ1n) is 17.7. The Morgan fingerprint density at radius 2 is 0.760 bits per heavy atom. The SMILES string of the molecule is CC(C)C(=O)CCCCCN=C(N)N.CC(C)C(=O)CCCCNC(N)N.CC(C)C(=O)CCCN=C(N)N.CC(C)C(=O)CCN=C(N)N. The Morgan fingerprint density at radius 1 is 0.440 bits per heavy atom. The van der Waals surface area contributed by atoms with Gasteiger partial charge >= 0.3 is 0 Å². The standard InChI is InChI=1S/C10H21N3O.C9H21N3O.C8H17N3O.C7H15N3O/c1-8(2)9(14)6-4-3-5-7-13-10(11)12;1-7(2)8(13)5-3-4-6-12-9(10)11;1-6(2)7(12)4-3-5-11-8(9)10;1-5(2)6(11)3-4-10-7(8)9/h8H,3-7H2,1-2H3,(H4,11,12,13);7,9,12H,3-6,10-11H2,1-2H3;6H,3-5H2,1-2H3,(H4,9,10,11);5H,3-4H2,1-2H3,(H4,8,9,10). The van der Waals surface area contributed by atoms with Crippen LogP contribution in [0.2, 0.25) is 0 Å². The molecule has 50 heavy (non-hydrogen) atoms. The average molecular weight is 715 g/mol. The van der Waals surface area contributed by atoms with Crippen molar-refractivity contribution in [1.82, 2.24) is 5.32 Å². The third-order valence-corrected chi connectivity index (χ3v) is 6.71. The maximum atomic E-state index is 11.2. The first-order valence-corrected chi connectivity index (χ1v) is 17.7. The molecule has 16 heteroatoms. The molecule has 0 saturated carbocycles. The number of ketones is 4. The summed E-state index contributed by atoms with van der Waals surface area (Å²) in [6.45, 7) is 17.6. The minimum absolute atomic E-state index is 0.0431. The lowest BCUT2D eigenvalue weighted by atomic mass is 10.0. The highest BCUT2D eigenvalue weighted by molar-refractivity contribution is 5.82. The van der Waals surface area contributed by atoms with E-state index < -0.39 is 6.29 Å². The van der Waals surface area contributed by atoms with Crippen molar-refractivity contribution in [2.24, 2.45) is 84.5 Å². The first-order chi connectivity index (χ1) is 23.1. The predicted octanol–water partition coefficient (Wildman–Crippen LogP) is 1.36. The minimum Gasteiger partial charge on any atom is -0.370 e. The molecule has 0 aliphatic carbocycles. The van der Waals surface area contributed by atoms with E-state index in [-0.39, 0.29) is 53.1 Å². The van der Waals surface area contributed by atoms with Crippen molar-refractivity contribution in [2.45, 2.75) is 126 Å². The van der Waals surface area contributed by atoms with Gasteiger partial charge in [-0.05, 0) is 38.6 Å². The maximum absolute atomic E-state index is 11.2. The van der Waals surface area contributed by atoms with Crippen LogP contribution in [0, 0.1) is 23.7 Å². The lowest BCUT2D eigenvalue weighted by molar-refractivity contribution is -0.122. The zero-order valence-corrected chi connectivity index (χ0v) is 32.4. The molecule has 0 aliphatic rings. The summed E-state index contributed by atoms with van der Waals surface area (Å²) in [6.07, 6.45) is 7.38. The van der Waals surface area contributed by atoms with Gasteiger partial charge in [0.15, 0.2) is 17.9 Å². The van der Waals surface area contributed by atoms with Gasteiger partial charge in [0, 0.05) is 69.0 Å². The zero-order valence-electron chi connectivity index (χ0n) is 32.4. The van der Waals surface area contributed by atoms with Gasteiger partial charge < -0.3 is 45.9 Å². The zero-order chi connectivity index (χ0) is 39.7. The molecule has 294 valence electrons. The fourth-order valence-corrected chi connectivity index (χ4v) is 3.40. The molecule has 0 fully saturated rings. The number of carbonyl (C=O) groups excluding carboxylic acids is 4. The molecule has 17 N–H and O–H groups in total. The lowest BCUT2D eigenvalue weighted by Gasteiger charge is -2.07. The topological polar surface area (TPSA) is 326 Å². The van der Waals surface area contributed by atoms with Crippen LogP contribution in [0.3, 0.4) is 0 Å². The van der Waals surface area contributed by atoms with E-state index in [2.05, 4.69) is 20.3 Å². The van der Waals surface area contributed by atoms with Crippen LogP contribution in [-0.4, -0.2) is 73.5 Å². The number of nitrogens with two attached hydrogens (primary N) is 8. The molecule has 0 saturated heterocycles. The van der Waals surface area contributed by atoms with Gasteiger partial charge in [-0.3, -0.25) is 39.5 Å². The number of aliphatic imine (C=N–C) groups is 3. The molecule has 0 atom stereocenters. The van der Waals surface area contributed by atoms with Crippen LogP contribution in [-0.2, 0) is 19.2 Å². The van der Waals surface area contributed by atoms with Crippen LogP contribution < -0.4 is 51.2 Å². The summed E-state index contributed by atoms with van der Waals surface area (Å²) in [7, 11) is 0. The molecule has 0 aliphatic heterocycles. The Balaban J connectivity index is -0.000000283. The fraction of sp³-hybridized carbons (Fsp3) is 0.794. The van der Waals surface area contributed by atoms with Crippen molar-refractivity contribution < 1.29 is 19.2 Å². The molecule has 0 aromatic heterocycles. The highest BCUT2D eigenvalue weighted by atomic mass is 16.1. The molecular formula is C34H74N12O4. The van der Waals surface area contributed by atoms with Gasteiger partial charge in [-0.25, -0.2) is 0 Å². The van der Waals surface area contributed by atoms with E-state index in [1.165, 1.54) is 0 Å². The smallest absolute Gasteiger partial charge is 0.185 e. The fourth-order valence-electron chi connectivity index (χ4n) is 3.40. The number of carbonyl (C=O) groups is 4. The Labute approximate surface area is 301 Å². The Kier molecular flexibility index (Phi) is 37.4. The molecule has 0 aromatic carbocycles. The summed E-state index contributed by atoms with van der Waals surface area (Å²) in [6, 6.07) is 0. The average Bonchev–Trinajstić information content (AvgIpc) is 3.00. The van der Waals surface area contributed by atoms with Gasteiger partial charge in [0.25, 0.3) is 0 Å². The number of guanidine groups is 3. The Morgan fingerprint density at radius 3 is 1.12 bits per heavy atom. The maximum Gasteiger partial charge on any atom is 0.185 e. The number of nitrogens with one attached hydrogen (secondary N) is 1. The molecule has 16 nitrogen and oxygen atoms in total. The van der Waals surface area contributed by atoms with Crippen molar-refractivity contribution in [1.29, 1.82) is 0 Å². The Hall–Kier alpha value is -3.63. The van der Waals surface area contributed by atoms with Gasteiger partial charge in [-0.1, -0.05) is 61.8 Å². The number of hydrogen-bond acceptors (Lipinski definition) is 10. The molecule has 0 rings (SSSR count). The second-order valence-corrected chi connectivity index (χ2v) is 13.0. The molecule has 0 radical (unpaired) electrons. The van der Waals surface area contributed by atoms with Crippen LogP contribution >= 0.6 is 0 Å². The highest BCUT2D eigenvalue weighted by Gasteiger charge is 2.07. The van der Waals surface area contributed by atoms with E-state index in [4.69, 9.17) is 45.9 Å². The summed E-state index contributed by atoms with van der Waals surface area (Å²) in [4.78, 5) is 55.8. The second kappa shape index (κ2) is 35.2. The number of Topliss-reactive ketones (excluding diaryl/α,β-unsaturated/α-hetero) is 4. The summed E-state index contributed by atoms with van der Waals surface area (Å²) in [5, 5.41) is 2.89. The summed E-state index contributed by atoms with van der Waals surface area (Å²) in [5.74, 6) is 1.90. The van der Waals surface area contributed by atoms with Gasteiger partial charge in [0.1, 0.15) is 29.4 Å². The summed E-state index contributed by atoms with van der Waals surface area (Å²) < 4.78 is 0. The third kappa shape index (κ3) is 46.5. The molecule has 0 aromatic rings. The van der Waals surface area contributed by atoms with Crippen LogP contribution in [0.4, 0.5) is 0 Å². The van der Waals surface area contributed by atoms with Crippen LogP contribution in [0.15, 0.2) is 15.0 Å². The molecule has 0 bridgehead atoms. The van der Waals surface area contributed by atoms with E-state index in [9.17, 15) is 19.2 Å². The molecule has 0 heterocycles. The van der Waals surface area contributed by atoms with Crippen LogP contribution in [0.5, 0.6) is 0 Å². The quantitative estimate of drug-likeness (QED) is 0.0313. The van der Waals surface area contributed by atoms with Gasteiger partial charge in [-0.2, -0.15) is 0 Å². The highest BCUT2D eigenvalue weighted by Crippen LogP contribution is 2.06. The van der Waals surface area contributed by atoms with E-state index in [0.29, 0.717) is 56.9 Å². The van der Waals surface area contributed by atoms with Crippen LogP contribution in [0.1, 0.15) is 120 Å².